The van der Waals surface area contributed by atoms with Gasteiger partial charge in [-0.2, -0.15) is 10.2 Å². The Morgan fingerprint density at radius 1 is 1.35 bits per heavy atom. The molecule has 1 atom stereocenters. The first-order valence-corrected chi connectivity index (χ1v) is 11.4. The number of anilines is 1. The van der Waals surface area contributed by atoms with Crippen LogP contribution in [0.4, 0.5) is 5.95 Å². The average molecular weight is 420 g/mol. The van der Waals surface area contributed by atoms with Crippen LogP contribution in [0.1, 0.15) is 84.2 Å². The molecule has 1 aliphatic rings. The standard InChI is InChI=1S/C25H33N5O/c1-5-9-17(3)18(4)12-13-21(6-2)28-25-27-16-20-14-19(15-26)24(31)30(23(20)29-25)22-10-7-8-11-22/h12-14,16-17,22H,5-11H2,1-4H3,(H,27,28,29)/b18-12+,21-13+. The van der Waals surface area contributed by atoms with Crippen LogP contribution in [-0.2, 0) is 0 Å². The van der Waals surface area contributed by atoms with Crippen LogP contribution in [0.25, 0.3) is 11.0 Å². The zero-order chi connectivity index (χ0) is 22.4. The number of pyridine rings is 1. The Hall–Kier alpha value is -2.94. The summed E-state index contributed by atoms with van der Waals surface area (Å²) in [5, 5.41) is 13.4. The molecule has 0 bridgehead atoms. The number of nitrogens with one attached hydrogen (secondary N) is 1. The van der Waals surface area contributed by atoms with Crippen molar-refractivity contribution in [2.45, 2.75) is 78.7 Å². The van der Waals surface area contributed by atoms with Crippen LogP contribution in [0.15, 0.2) is 40.5 Å². The predicted molar refractivity (Wildman–Crippen MR) is 126 cm³/mol. The van der Waals surface area contributed by atoms with Gasteiger partial charge in [0.2, 0.25) is 5.95 Å². The van der Waals surface area contributed by atoms with E-state index < -0.39 is 0 Å². The fraction of sp³-hybridized carbons (Fsp3) is 0.520. The molecule has 6 nitrogen and oxygen atoms in total. The number of hydrogen-bond donors (Lipinski definition) is 1. The molecule has 0 amide bonds. The Bertz CT molecular complexity index is 1080. The lowest BCUT2D eigenvalue weighted by molar-refractivity contribution is 0.515. The van der Waals surface area contributed by atoms with Crippen LogP contribution in [-0.4, -0.2) is 14.5 Å². The molecule has 1 N–H and O–H groups in total. The third-order valence-corrected chi connectivity index (χ3v) is 6.28. The van der Waals surface area contributed by atoms with Crippen molar-refractivity contribution >= 4 is 17.0 Å². The van der Waals surface area contributed by atoms with Gasteiger partial charge in [0.25, 0.3) is 5.56 Å². The summed E-state index contributed by atoms with van der Waals surface area (Å²) >= 11 is 0. The first-order valence-electron chi connectivity index (χ1n) is 11.4. The Kier molecular flexibility index (Phi) is 7.62. The molecule has 1 aliphatic carbocycles. The summed E-state index contributed by atoms with van der Waals surface area (Å²) in [4.78, 5) is 22.1. The molecule has 2 aromatic rings. The van der Waals surface area contributed by atoms with Gasteiger partial charge >= 0.3 is 0 Å². The van der Waals surface area contributed by atoms with Crippen molar-refractivity contribution in [2.24, 2.45) is 5.92 Å². The molecule has 2 aromatic heterocycles. The van der Waals surface area contributed by atoms with E-state index in [2.05, 4.69) is 50.1 Å². The monoisotopic (exact) mass is 419 g/mol. The van der Waals surface area contributed by atoms with Gasteiger partial charge < -0.3 is 5.32 Å². The fourth-order valence-corrected chi connectivity index (χ4v) is 4.21. The van der Waals surface area contributed by atoms with Gasteiger partial charge in [0.05, 0.1) is 0 Å². The lowest BCUT2D eigenvalue weighted by atomic mass is 9.97. The van der Waals surface area contributed by atoms with Crippen molar-refractivity contribution in [1.29, 1.82) is 5.26 Å². The number of hydrogen-bond acceptors (Lipinski definition) is 5. The van der Waals surface area contributed by atoms with Crippen molar-refractivity contribution in [3.05, 3.63) is 51.6 Å². The molecule has 0 aromatic carbocycles. The zero-order valence-electron chi connectivity index (χ0n) is 19.1. The average Bonchev–Trinajstić information content (AvgIpc) is 3.30. The van der Waals surface area contributed by atoms with Gasteiger partial charge in [-0.3, -0.25) is 9.36 Å². The van der Waals surface area contributed by atoms with Gasteiger partial charge in [0, 0.05) is 23.3 Å². The van der Waals surface area contributed by atoms with E-state index in [0.29, 0.717) is 17.5 Å². The zero-order valence-corrected chi connectivity index (χ0v) is 19.1. The fourth-order valence-electron chi connectivity index (χ4n) is 4.21. The summed E-state index contributed by atoms with van der Waals surface area (Å²) in [5.41, 5.74) is 2.88. The highest BCUT2D eigenvalue weighted by atomic mass is 16.1. The quantitative estimate of drug-likeness (QED) is 0.541. The number of nitriles is 1. The lowest BCUT2D eigenvalue weighted by Crippen LogP contribution is -2.26. The summed E-state index contributed by atoms with van der Waals surface area (Å²) in [6.07, 6.45) is 13.2. The maximum atomic E-state index is 12.9. The number of fused-ring (bicyclic) bond motifs is 1. The minimum absolute atomic E-state index is 0.0953. The van der Waals surface area contributed by atoms with Crippen LogP contribution >= 0.6 is 0 Å². The van der Waals surface area contributed by atoms with Gasteiger partial charge in [0.1, 0.15) is 17.3 Å². The normalized spacial score (nSPS) is 16.5. The van der Waals surface area contributed by atoms with E-state index in [1.54, 1.807) is 16.8 Å². The molecule has 1 saturated carbocycles. The number of allylic oxidation sites excluding steroid dienone is 4. The molecule has 1 unspecified atom stereocenters. The van der Waals surface area contributed by atoms with Crippen LogP contribution in [0.5, 0.6) is 0 Å². The molecule has 3 rings (SSSR count). The summed E-state index contributed by atoms with van der Waals surface area (Å²) in [6, 6.07) is 3.73. The van der Waals surface area contributed by atoms with Crippen molar-refractivity contribution in [3.8, 4) is 6.07 Å². The van der Waals surface area contributed by atoms with Crippen LogP contribution in [0, 0.1) is 17.2 Å². The van der Waals surface area contributed by atoms with E-state index in [0.717, 1.165) is 43.2 Å². The van der Waals surface area contributed by atoms with Gasteiger partial charge in [-0.1, -0.05) is 51.7 Å². The molecule has 0 saturated heterocycles. The summed E-state index contributed by atoms with van der Waals surface area (Å²) in [7, 11) is 0. The number of aromatic nitrogens is 3. The smallest absolute Gasteiger partial charge is 0.270 e. The molecular weight excluding hydrogens is 386 g/mol. The second-order valence-electron chi connectivity index (χ2n) is 8.53. The van der Waals surface area contributed by atoms with Crippen LogP contribution in [0.2, 0.25) is 0 Å². The maximum absolute atomic E-state index is 12.9. The van der Waals surface area contributed by atoms with Gasteiger partial charge in [0.15, 0.2) is 0 Å². The molecule has 6 heteroatoms. The summed E-state index contributed by atoms with van der Waals surface area (Å²) < 4.78 is 1.72. The van der Waals surface area contributed by atoms with E-state index in [1.807, 2.05) is 6.07 Å². The van der Waals surface area contributed by atoms with Crippen molar-refractivity contribution in [2.75, 3.05) is 5.32 Å². The Balaban J connectivity index is 1.97. The summed E-state index contributed by atoms with van der Waals surface area (Å²) in [5.74, 6) is 1.04. The number of rotatable bonds is 8. The lowest BCUT2D eigenvalue weighted by Gasteiger charge is -2.17. The predicted octanol–water partition coefficient (Wildman–Crippen LogP) is 5.87. The van der Waals surface area contributed by atoms with E-state index in [9.17, 15) is 10.1 Å². The molecular formula is C25H33N5O. The molecule has 0 spiro atoms. The largest absolute Gasteiger partial charge is 0.328 e. The highest BCUT2D eigenvalue weighted by molar-refractivity contribution is 5.77. The SMILES string of the molecule is CCCC(C)/C(C)=C/C=C(\CC)Nc1ncc2cc(C#N)c(=O)n(C3CCCC3)c2n1. The van der Waals surface area contributed by atoms with E-state index in [4.69, 9.17) is 4.98 Å². The first-order chi connectivity index (χ1) is 15.0. The Labute approximate surface area is 184 Å². The highest BCUT2D eigenvalue weighted by Gasteiger charge is 2.22. The van der Waals surface area contributed by atoms with Crippen molar-refractivity contribution in [1.82, 2.24) is 14.5 Å². The van der Waals surface area contributed by atoms with Gasteiger partial charge in [-0.25, -0.2) is 4.98 Å². The summed E-state index contributed by atoms with van der Waals surface area (Å²) in [6.45, 7) is 8.72. The third-order valence-electron chi connectivity index (χ3n) is 6.28. The Morgan fingerprint density at radius 2 is 2.10 bits per heavy atom. The van der Waals surface area contributed by atoms with Gasteiger partial charge in [-0.15, -0.1) is 0 Å². The van der Waals surface area contributed by atoms with Crippen LogP contribution in [0.3, 0.4) is 0 Å². The van der Waals surface area contributed by atoms with Crippen LogP contribution < -0.4 is 10.9 Å². The second-order valence-corrected chi connectivity index (χ2v) is 8.53. The van der Waals surface area contributed by atoms with E-state index in [-0.39, 0.29) is 17.2 Å². The molecule has 2 heterocycles. The topological polar surface area (TPSA) is 83.6 Å². The minimum Gasteiger partial charge on any atom is -0.328 e. The molecule has 31 heavy (non-hydrogen) atoms. The minimum atomic E-state index is -0.249. The van der Waals surface area contributed by atoms with Crippen molar-refractivity contribution in [3.63, 3.8) is 0 Å². The Morgan fingerprint density at radius 3 is 2.74 bits per heavy atom. The molecule has 0 aliphatic heterocycles. The molecule has 1 fully saturated rings. The molecule has 0 radical (unpaired) electrons. The van der Waals surface area contributed by atoms with E-state index in [1.165, 1.54) is 18.4 Å². The maximum Gasteiger partial charge on any atom is 0.270 e. The molecule has 164 valence electrons. The second kappa shape index (κ2) is 10.4. The number of nitrogens with zero attached hydrogens (tertiary/aromatic N) is 4. The van der Waals surface area contributed by atoms with Gasteiger partial charge in [-0.05, 0) is 50.7 Å². The first kappa shape index (κ1) is 22.7. The van der Waals surface area contributed by atoms with E-state index >= 15 is 0 Å². The highest BCUT2D eigenvalue weighted by Crippen LogP contribution is 2.30. The van der Waals surface area contributed by atoms with Crippen molar-refractivity contribution < 1.29 is 0 Å². The third kappa shape index (κ3) is 5.22.